The first-order valence-electron chi connectivity index (χ1n) is 6.54. The molecule has 0 bridgehead atoms. The van der Waals surface area contributed by atoms with Crippen molar-refractivity contribution in [1.82, 2.24) is 10.3 Å². The quantitative estimate of drug-likeness (QED) is 0.740. The second-order valence-corrected chi connectivity index (χ2v) is 7.10. The van der Waals surface area contributed by atoms with Gasteiger partial charge in [0.2, 0.25) is 0 Å². The standard InChI is InChI=1S/C14H16N2O4S/c17-6-1-2-11-3-4-13(15-8-11)14(18)16-9-12-5-7-21(19,20)10-12/h3-4,8,12,17H,5-7,9-10H2,(H,16,18). The van der Waals surface area contributed by atoms with Gasteiger partial charge in [0.15, 0.2) is 9.84 Å². The van der Waals surface area contributed by atoms with Gasteiger partial charge in [-0.05, 0) is 24.5 Å². The predicted molar refractivity (Wildman–Crippen MR) is 77.3 cm³/mol. The molecule has 21 heavy (non-hydrogen) atoms. The monoisotopic (exact) mass is 308 g/mol. The van der Waals surface area contributed by atoms with Crippen LogP contribution in [-0.2, 0) is 9.84 Å². The Morgan fingerprint density at radius 1 is 1.48 bits per heavy atom. The van der Waals surface area contributed by atoms with E-state index in [0.717, 1.165) is 0 Å². The fraction of sp³-hybridized carbons (Fsp3) is 0.429. The van der Waals surface area contributed by atoms with E-state index in [1.807, 2.05) is 0 Å². The van der Waals surface area contributed by atoms with E-state index in [1.165, 1.54) is 6.20 Å². The minimum absolute atomic E-state index is 0.0198. The molecule has 2 rings (SSSR count). The van der Waals surface area contributed by atoms with Crippen LogP contribution in [0.15, 0.2) is 18.3 Å². The lowest BCUT2D eigenvalue weighted by atomic mass is 10.1. The van der Waals surface area contributed by atoms with Crippen LogP contribution in [0.3, 0.4) is 0 Å². The molecule has 2 heterocycles. The third-order valence-electron chi connectivity index (χ3n) is 3.19. The molecule has 1 aliphatic rings. The summed E-state index contributed by atoms with van der Waals surface area (Å²) in [5.41, 5.74) is 0.868. The minimum atomic E-state index is -2.93. The highest BCUT2D eigenvalue weighted by Gasteiger charge is 2.28. The van der Waals surface area contributed by atoms with Gasteiger partial charge in [-0.2, -0.15) is 0 Å². The highest BCUT2D eigenvalue weighted by atomic mass is 32.2. The molecule has 0 aromatic carbocycles. The molecule has 1 aliphatic heterocycles. The Morgan fingerprint density at radius 3 is 2.86 bits per heavy atom. The van der Waals surface area contributed by atoms with Crippen LogP contribution in [-0.4, -0.2) is 49.1 Å². The molecule has 2 N–H and O–H groups in total. The van der Waals surface area contributed by atoms with Crippen molar-refractivity contribution in [1.29, 1.82) is 0 Å². The first-order valence-corrected chi connectivity index (χ1v) is 8.37. The van der Waals surface area contributed by atoms with Gasteiger partial charge in [-0.1, -0.05) is 11.8 Å². The van der Waals surface area contributed by atoms with Crippen LogP contribution < -0.4 is 5.32 Å². The van der Waals surface area contributed by atoms with Crippen molar-refractivity contribution in [3.63, 3.8) is 0 Å². The van der Waals surface area contributed by atoms with E-state index in [1.54, 1.807) is 12.1 Å². The molecule has 0 saturated carbocycles. The predicted octanol–water partition coefficient (Wildman–Crippen LogP) is -0.410. The molecule has 0 aliphatic carbocycles. The number of aromatic nitrogens is 1. The van der Waals surface area contributed by atoms with E-state index < -0.39 is 9.84 Å². The molecule has 1 aromatic rings. The number of rotatable bonds is 3. The van der Waals surface area contributed by atoms with E-state index in [9.17, 15) is 13.2 Å². The number of sulfone groups is 1. The third-order valence-corrected chi connectivity index (χ3v) is 5.02. The van der Waals surface area contributed by atoms with Crippen molar-refractivity contribution < 1.29 is 18.3 Å². The number of amides is 1. The molecule has 1 amide bonds. The zero-order chi connectivity index (χ0) is 15.3. The molecule has 1 atom stereocenters. The number of pyridine rings is 1. The number of hydrogen-bond donors (Lipinski definition) is 2. The second-order valence-electron chi connectivity index (χ2n) is 4.87. The number of carbonyl (C=O) groups is 1. The lowest BCUT2D eigenvalue weighted by Crippen LogP contribution is -2.30. The number of hydrogen-bond acceptors (Lipinski definition) is 5. The molecule has 1 unspecified atom stereocenters. The van der Waals surface area contributed by atoms with Crippen LogP contribution in [0, 0.1) is 17.8 Å². The Kier molecular flexibility index (Phi) is 4.94. The van der Waals surface area contributed by atoms with E-state index in [2.05, 4.69) is 22.1 Å². The fourth-order valence-electron chi connectivity index (χ4n) is 2.10. The lowest BCUT2D eigenvalue weighted by molar-refractivity contribution is 0.0943. The number of nitrogens with zero attached hydrogens (tertiary/aromatic N) is 1. The largest absolute Gasteiger partial charge is 0.384 e. The van der Waals surface area contributed by atoms with Gasteiger partial charge >= 0.3 is 0 Å². The van der Waals surface area contributed by atoms with Crippen LogP contribution in [0.2, 0.25) is 0 Å². The molecule has 1 aromatic heterocycles. The number of aliphatic hydroxyl groups is 1. The summed E-state index contributed by atoms with van der Waals surface area (Å²) in [7, 11) is -2.93. The summed E-state index contributed by atoms with van der Waals surface area (Å²) in [4.78, 5) is 15.9. The SMILES string of the molecule is O=C(NCC1CCS(=O)(=O)C1)c1ccc(C#CCO)cn1. The third kappa shape index (κ3) is 4.55. The molecular weight excluding hydrogens is 292 g/mol. The maximum absolute atomic E-state index is 11.9. The zero-order valence-corrected chi connectivity index (χ0v) is 12.2. The van der Waals surface area contributed by atoms with Crippen LogP contribution in [0.4, 0.5) is 0 Å². The average molecular weight is 308 g/mol. The van der Waals surface area contributed by atoms with Crippen LogP contribution in [0.25, 0.3) is 0 Å². The van der Waals surface area contributed by atoms with Gasteiger partial charge in [0.05, 0.1) is 11.5 Å². The lowest BCUT2D eigenvalue weighted by Gasteiger charge is -2.09. The molecule has 6 nitrogen and oxygen atoms in total. The van der Waals surface area contributed by atoms with Crippen molar-refractivity contribution in [2.45, 2.75) is 6.42 Å². The number of aliphatic hydroxyl groups excluding tert-OH is 1. The molecular formula is C14H16N2O4S. The number of carbonyl (C=O) groups excluding carboxylic acids is 1. The Hall–Kier alpha value is -1.91. The summed E-state index contributed by atoms with van der Waals surface area (Å²) in [5, 5.41) is 11.3. The second kappa shape index (κ2) is 6.70. The topological polar surface area (TPSA) is 96.4 Å². The van der Waals surface area contributed by atoms with Gasteiger partial charge in [-0.15, -0.1) is 0 Å². The summed E-state index contributed by atoms with van der Waals surface area (Å²) in [5.74, 6) is 5.16. The van der Waals surface area contributed by atoms with E-state index in [0.29, 0.717) is 18.5 Å². The summed E-state index contributed by atoms with van der Waals surface area (Å²) in [6.07, 6.45) is 2.04. The first kappa shape index (κ1) is 15.5. The Balaban J connectivity index is 1.89. The van der Waals surface area contributed by atoms with E-state index in [-0.39, 0.29) is 35.6 Å². The van der Waals surface area contributed by atoms with Crippen LogP contribution in [0.1, 0.15) is 22.5 Å². The average Bonchev–Trinajstić information content (AvgIpc) is 2.82. The molecule has 112 valence electrons. The van der Waals surface area contributed by atoms with Crippen LogP contribution >= 0.6 is 0 Å². The molecule has 0 radical (unpaired) electrons. The van der Waals surface area contributed by atoms with Crippen molar-refractivity contribution in [2.24, 2.45) is 5.92 Å². The molecule has 1 saturated heterocycles. The zero-order valence-electron chi connectivity index (χ0n) is 11.4. The minimum Gasteiger partial charge on any atom is -0.384 e. The Labute approximate surface area is 123 Å². The fourth-order valence-corrected chi connectivity index (χ4v) is 3.97. The summed E-state index contributed by atoms with van der Waals surface area (Å²) in [6, 6.07) is 3.19. The van der Waals surface area contributed by atoms with Crippen molar-refractivity contribution >= 4 is 15.7 Å². The van der Waals surface area contributed by atoms with Gasteiger partial charge in [-0.3, -0.25) is 4.79 Å². The van der Waals surface area contributed by atoms with E-state index >= 15 is 0 Å². The molecule has 0 spiro atoms. The maximum Gasteiger partial charge on any atom is 0.269 e. The molecule has 7 heteroatoms. The van der Waals surface area contributed by atoms with Crippen molar-refractivity contribution in [2.75, 3.05) is 24.7 Å². The Morgan fingerprint density at radius 2 is 2.29 bits per heavy atom. The summed E-state index contributed by atoms with van der Waals surface area (Å²) >= 11 is 0. The first-order chi connectivity index (χ1) is 10.00. The highest BCUT2D eigenvalue weighted by molar-refractivity contribution is 7.91. The Bertz CT molecular complexity index is 671. The smallest absolute Gasteiger partial charge is 0.269 e. The van der Waals surface area contributed by atoms with Gasteiger partial charge in [-0.25, -0.2) is 13.4 Å². The normalized spacial score (nSPS) is 19.6. The van der Waals surface area contributed by atoms with Gasteiger partial charge < -0.3 is 10.4 Å². The van der Waals surface area contributed by atoms with Gasteiger partial charge in [0, 0.05) is 18.3 Å². The van der Waals surface area contributed by atoms with Gasteiger partial charge in [0.25, 0.3) is 5.91 Å². The van der Waals surface area contributed by atoms with E-state index in [4.69, 9.17) is 5.11 Å². The highest BCUT2D eigenvalue weighted by Crippen LogP contribution is 2.17. The van der Waals surface area contributed by atoms with Gasteiger partial charge in [0.1, 0.15) is 12.3 Å². The van der Waals surface area contributed by atoms with Crippen molar-refractivity contribution in [3.8, 4) is 11.8 Å². The summed E-state index contributed by atoms with van der Waals surface area (Å²) in [6.45, 7) is 0.109. The number of nitrogens with one attached hydrogen (secondary N) is 1. The molecule has 1 fully saturated rings. The van der Waals surface area contributed by atoms with Crippen LogP contribution in [0.5, 0.6) is 0 Å². The van der Waals surface area contributed by atoms with Crippen molar-refractivity contribution in [3.05, 3.63) is 29.6 Å². The summed E-state index contributed by atoms with van der Waals surface area (Å²) < 4.78 is 22.6. The maximum atomic E-state index is 11.9.